The third-order valence-electron chi connectivity index (χ3n) is 15.7. The van der Waals surface area contributed by atoms with Gasteiger partial charge in [0.1, 0.15) is 13.2 Å². The molecule has 0 aromatic heterocycles. The Labute approximate surface area is 490 Å². The summed E-state index contributed by atoms with van der Waals surface area (Å²) in [5.74, 6) is -1.97. The number of carbonyl (C=O) groups excluding carboxylic acids is 2. The minimum Gasteiger partial charge on any atom is -0.477 e. The Bertz CT molecular complexity index is 1340. The first-order valence-electron chi connectivity index (χ1n) is 34.5. The number of unbranched alkanes of at least 4 members (excludes halogenated alkanes) is 46. The fourth-order valence-corrected chi connectivity index (χ4v) is 10.4. The van der Waals surface area contributed by atoms with E-state index in [1.807, 2.05) is 21.1 Å². The van der Waals surface area contributed by atoms with E-state index in [1.165, 1.54) is 276 Å². The van der Waals surface area contributed by atoms with Crippen molar-refractivity contribution in [2.75, 3.05) is 47.5 Å². The number of quaternary nitrogens is 1. The highest BCUT2D eigenvalue weighted by Crippen LogP contribution is 2.19. The van der Waals surface area contributed by atoms with E-state index in [0.29, 0.717) is 17.4 Å². The van der Waals surface area contributed by atoms with E-state index in [9.17, 15) is 19.5 Å². The number of rotatable bonds is 65. The lowest BCUT2D eigenvalue weighted by Gasteiger charge is -2.25. The summed E-state index contributed by atoms with van der Waals surface area (Å²) >= 11 is 0. The number of likely N-dealkylation sites (N-methyl/N-ethyl adjacent to an activating group) is 1. The second-order valence-electron chi connectivity index (χ2n) is 24.8. The van der Waals surface area contributed by atoms with Crippen LogP contribution in [0.2, 0.25) is 0 Å². The van der Waals surface area contributed by atoms with E-state index in [-0.39, 0.29) is 38.2 Å². The van der Waals surface area contributed by atoms with Crippen LogP contribution in [-0.4, -0.2) is 87.4 Å². The number of ether oxygens (including phenoxy) is 4. The van der Waals surface area contributed by atoms with Crippen molar-refractivity contribution in [3.63, 3.8) is 0 Å². The van der Waals surface area contributed by atoms with Crippen molar-refractivity contribution < 1.29 is 42.9 Å². The lowest BCUT2D eigenvalue weighted by Crippen LogP contribution is -2.40. The van der Waals surface area contributed by atoms with Gasteiger partial charge in [-0.2, -0.15) is 0 Å². The zero-order valence-electron chi connectivity index (χ0n) is 53.3. The number of carboxylic acid groups (broad SMARTS) is 1. The molecule has 0 aliphatic carbocycles. The smallest absolute Gasteiger partial charge is 0.361 e. The predicted octanol–water partition coefficient (Wildman–Crippen LogP) is 21.0. The van der Waals surface area contributed by atoms with Crippen molar-refractivity contribution in [2.45, 2.75) is 360 Å². The summed E-state index contributed by atoms with van der Waals surface area (Å²) in [5, 5.41) is 9.73. The Morgan fingerprint density at radius 1 is 0.380 bits per heavy atom. The standard InChI is InChI=1S/C70H133NO8/c1-6-8-10-12-14-16-18-20-22-24-26-27-28-29-30-31-32-33-34-35-36-37-38-39-40-41-43-45-47-49-51-53-55-57-59-61-68(73)79-66(65-78-70(69(74)75)76-63-62-71(3,4)5)64-77-67(72)60-58-56-54-52-50-48-46-44-42-25-23-21-19-17-15-13-11-9-7-2/h18,20,24,26,66,70H,6-17,19,21-23,25,27-65H2,1-5H3/p+1/b20-18-,26-24-. The number of carbonyl (C=O) groups is 3. The van der Waals surface area contributed by atoms with Crippen LogP contribution < -0.4 is 0 Å². The van der Waals surface area contributed by atoms with E-state index in [1.54, 1.807) is 0 Å². The molecule has 0 aromatic rings. The minimum atomic E-state index is -1.51. The van der Waals surface area contributed by atoms with Gasteiger partial charge in [0, 0.05) is 12.8 Å². The fourth-order valence-electron chi connectivity index (χ4n) is 10.4. The van der Waals surface area contributed by atoms with Crippen LogP contribution in [-0.2, 0) is 33.3 Å². The lowest BCUT2D eigenvalue weighted by molar-refractivity contribution is -0.870. The first kappa shape index (κ1) is 76.8. The molecular formula is C70H134NO8+. The molecule has 2 unspecified atom stereocenters. The molecular weight excluding hydrogens is 983 g/mol. The number of allylic oxidation sites excluding steroid dienone is 4. The highest BCUT2D eigenvalue weighted by molar-refractivity contribution is 5.71. The van der Waals surface area contributed by atoms with Crippen LogP contribution in [0.1, 0.15) is 348 Å². The van der Waals surface area contributed by atoms with E-state index in [0.717, 1.165) is 44.9 Å². The number of carboxylic acids is 1. The molecule has 0 heterocycles. The quantitative estimate of drug-likeness (QED) is 0.0211. The topological polar surface area (TPSA) is 108 Å². The average molecular weight is 1120 g/mol. The van der Waals surface area contributed by atoms with Crippen LogP contribution in [0.3, 0.4) is 0 Å². The average Bonchev–Trinajstić information content (AvgIpc) is 3.42. The van der Waals surface area contributed by atoms with Crippen LogP contribution in [0.15, 0.2) is 24.3 Å². The summed E-state index contributed by atoms with van der Waals surface area (Å²) in [6.45, 7) is 4.94. The van der Waals surface area contributed by atoms with Gasteiger partial charge in [0.15, 0.2) is 6.10 Å². The lowest BCUT2D eigenvalue weighted by atomic mass is 10.0. The highest BCUT2D eigenvalue weighted by atomic mass is 16.7. The van der Waals surface area contributed by atoms with Gasteiger partial charge in [-0.15, -0.1) is 0 Å². The summed E-state index contributed by atoms with van der Waals surface area (Å²) in [4.78, 5) is 37.5. The third-order valence-corrected chi connectivity index (χ3v) is 15.7. The molecule has 0 aromatic carbocycles. The Kier molecular flexibility index (Phi) is 60.1. The van der Waals surface area contributed by atoms with Gasteiger partial charge >= 0.3 is 17.9 Å². The normalized spacial score (nSPS) is 12.8. The molecule has 0 bridgehead atoms. The molecule has 466 valence electrons. The van der Waals surface area contributed by atoms with Gasteiger partial charge in [-0.05, 0) is 44.9 Å². The number of hydrogen-bond donors (Lipinski definition) is 1. The van der Waals surface area contributed by atoms with Crippen molar-refractivity contribution in [3.05, 3.63) is 24.3 Å². The molecule has 9 nitrogen and oxygen atoms in total. The molecule has 0 spiro atoms. The molecule has 79 heavy (non-hydrogen) atoms. The largest absolute Gasteiger partial charge is 0.477 e. The van der Waals surface area contributed by atoms with Crippen molar-refractivity contribution in [3.8, 4) is 0 Å². The molecule has 0 saturated carbocycles. The summed E-state index contributed by atoms with van der Waals surface area (Å²) in [7, 11) is 5.99. The zero-order valence-corrected chi connectivity index (χ0v) is 53.3. The van der Waals surface area contributed by atoms with Crippen molar-refractivity contribution in [1.82, 2.24) is 0 Å². The van der Waals surface area contributed by atoms with Gasteiger partial charge in [0.25, 0.3) is 6.29 Å². The van der Waals surface area contributed by atoms with E-state index in [4.69, 9.17) is 18.9 Å². The molecule has 9 heteroatoms. The second kappa shape index (κ2) is 61.8. The SMILES string of the molecule is CCCCCCC/C=C\C/C=C\CCCCCCCCCCCCCCCCCCCCCCCCCC(=O)OC(COC(=O)CCCCCCCCCCCCCCCCCCCCC)COC(OCC[N+](C)(C)C)C(=O)O. The van der Waals surface area contributed by atoms with Crippen LogP contribution >= 0.6 is 0 Å². The molecule has 2 atom stereocenters. The maximum absolute atomic E-state index is 12.9. The molecule has 1 N–H and O–H groups in total. The molecule has 0 rings (SSSR count). The molecule has 0 saturated heterocycles. The van der Waals surface area contributed by atoms with E-state index >= 15 is 0 Å². The Morgan fingerprint density at radius 2 is 0.684 bits per heavy atom. The van der Waals surface area contributed by atoms with Crippen molar-refractivity contribution >= 4 is 17.9 Å². The van der Waals surface area contributed by atoms with Crippen LogP contribution in [0.4, 0.5) is 0 Å². The molecule has 0 radical (unpaired) electrons. The predicted molar refractivity (Wildman–Crippen MR) is 337 cm³/mol. The van der Waals surface area contributed by atoms with Crippen molar-refractivity contribution in [2.24, 2.45) is 0 Å². The maximum atomic E-state index is 12.9. The third kappa shape index (κ3) is 63.2. The van der Waals surface area contributed by atoms with Crippen LogP contribution in [0, 0.1) is 0 Å². The van der Waals surface area contributed by atoms with Gasteiger partial charge < -0.3 is 28.5 Å². The van der Waals surface area contributed by atoms with Gasteiger partial charge in [-0.25, -0.2) is 4.79 Å². The van der Waals surface area contributed by atoms with Crippen LogP contribution in [0.5, 0.6) is 0 Å². The summed E-state index contributed by atoms with van der Waals surface area (Å²) < 4.78 is 23.0. The number of esters is 2. The molecule has 0 aliphatic rings. The maximum Gasteiger partial charge on any atom is 0.361 e. The first-order chi connectivity index (χ1) is 38.6. The first-order valence-corrected chi connectivity index (χ1v) is 34.5. The van der Waals surface area contributed by atoms with E-state index in [2.05, 4.69) is 38.2 Å². The highest BCUT2D eigenvalue weighted by Gasteiger charge is 2.25. The van der Waals surface area contributed by atoms with Gasteiger partial charge in [-0.3, -0.25) is 9.59 Å². The number of hydrogen-bond acceptors (Lipinski definition) is 7. The molecule has 0 fully saturated rings. The van der Waals surface area contributed by atoms with Gasteiger partial charge in [0.2, 0.25) is 0 Å². The number of nitrogens with zero attached hydrogens (tertiary/aromatic N) is 1. The Balaban J connectivity index is 4.01. The Hall–Kier alpha value is -2.23. The summed E-state index contributed by atoms with van der Waals surface area (Å²) in [6.07, 6.45) is 73.0. The van der Waals surface area contributed by atoms with Crippen molar-refractivity contribution in [1.29, 1.82) is 0 Å². The molecule has 0 aliphatic heterocycles. The fraction of sp³-hybridized carbons (Fsp3) is 0.900. The second-order valence-corrected chi connectivity index (χ2v) is 24.8. The summed E-state index contributed by atoms with van der Waals surface area (Å²) in [6, 6.07) is 0. The van der Waals surface area contributed by atoms with Crippen LogP contribution in [0.25, 0.3) is 0 Å². The number of aliphatic carboxylic acids is 1. The Morgan fingerprint density at radius 3 is 1.00 bits per heavy atom. The molecule has 0 amide bonds. The van der Waals surface area contributed by atoms with E-state index < -0.39 is 18.4 Å². The van der Waals surface area contributed by atoms with Gasteiger partial charge in [-0.1, -0.05) is 314 Å². The summed E-state index contributed by atoms with van der Waals surface area (Å²) in [5.41, 5.74) is 0. The minimum absolute atomic E-state index is 0.174. The van der Waals surface area contributed by atoms with Gasteiger partial charge in [0.05, 0.1) is 34.4 Å². The monoisotopic (exact) mass is 1120 g/mol. The zero-order chi connectivity index (χ0) is 57.6.